The van der Waals surface area contributed by atoms with Crippen LogP contribution in [0.4, 0.5) is 0 Å². The second kappa shape index (κ2) is 6.90. The van der Waals surface area contributed by atoms with Crippen molar-refractivity contribution in [3.05, 3.63) is 64.2 Å². The lowest BCUT2D eigenvalue weighted by Gasteiger charge is -2.17. The highest BCUT2D eigenvalue weighted by atomic mass is 16.5. The molecule has 0 bridgehead atoms. The van der Waals surface area contributed by atoms with E-state index in [1.807, 2.05) is 50.4 Å². The Morgan fingerprint density at radius 1 is 1.27 bits per heavy atom. The third-order valence-electron chi connectivity index (χ3n) is 4.80. The first-order valence-electron chi connectivity index (χ1n) is 8.89. The van der Waals surface area contributed by atoms with E-state index in [0.29, 0.717) is 12.0 Å². The van der Waals surface area contributed by atoms with E-state index < -0.39 is 0 Å². The number of ether oxygens (including phenoxy) is 1. The first-order valence-corrected chi connectivity index (χ1v) is 8.89. The summed E-state index contributed by atoms with van der Waals surface area (Å²) in [4.78, 5) is 17.6. The molecule has 0 atom stereocenters. The van der Waals surface area contributed by atoms with E-state index in [1.165, 1.54) is 0 Å². The summed E-state index contributed by atoms with van der Waals surface area (Å²) in [7, 11) is 0. The molecule has 1 saturated heterocycles. The number of hydrogen-bond donors (Lipinski definition) is 2. The number of nitrogens with one attached hydrogen (secondary N) is 2. The van der Waals surface area contributed by atoms with Crippen molar-refractivity contribution in [2.45, 2.75) is 19.8 Å². The predicted octanol–water partition coefficient (Wildman–Crippen LogP) is 2.28. The predicted molar refractivity (Wildman–Crippen MR) is 102 cm³/mol. The molecule has 0 aliphatic carbocycles. The topological polar surface area (TPSA) is 68.2 Å². The molecule has 0 radical (unpaired) electrons. The summed E-state index contributed by atoms with van der Waals surface area (Å²) >= 11 is 0. The van der Waals surface area contributed by atoms with E-state index in [1.54, 1.807) is 10.8 Å². The maximum Gasteiger partial charge on any atom is 0.264 e. The number of hydrogen-bond acceptors (Lipinski definition) is 5. The van der Waals surface area contributed by atoms with Gasteiger partial charge < -0.3 is 4.74 Å². The number of aryl methyl sites for hydroxylation is 1. The Balaban J connectivity index is 1.93. The van der Waals surface area contributed by atoms with E-state index >= 15 is 0 Å². The maximum absolute atomic E-state index is 13.1. The average Bonchev–Trinajstić information content (AvgIpc) is 3.18. The van der Waals surface area contributed by atoms with E-state index in [0.717, 1.165) is 41.2 Å². The number of fused-ring (bicyclic) bond motifs is 1. The molecule has 3 aromatic rings. The molecule has 6 heteroatoms. The largest absolute Gasteiger partial charge is 0.494 e. The molecule has 26 heavy (non-hydrogen) atoms. The van der Waals surface area contributed by atoms with Crippen LogP contribution in [0.2, 0.25) is 0 Å². The van der Waals surface area contributed by atoms with Crippen LogP contribution in [0, 0.1) is 6.92 Å². The summed E-state index contributed by atoms with van der Waals surface area (Å²) in [6, 6.07) is 9.48. The molecule has 0 saturated carbocycles. The molecule has 6 nitrogen and oxygen atoms in total. The minimum absolute atomic E-state index is 0.0528. The third kappa shape index (κ3) is 2.87. The van der Waals surface area contributed by atoms with Gasteiger partial charge in [-0.05, 0) is 49.7 Å². The van der Waals surface area contributed by atoms with Crippen LogP contribution in [0.25, 0.3) is 16.6 Å². The number of aromatic nitrogens is 2. The maximum atomic E-state index is 13.1. The number of benzene rings is 1. The highest BCUT2D eigenvalue weighted by Crippen LogP contribution is 2.26. The molecule has 1 aliphatic rings. The zero-order valence-electron chi connectivity index (χ0n) is 15.0. The lowest BCUT2D eigenvalue weighted by atomic mass is 9.99. The van der Waals surface area contributed by atoms with Gasteiger partial charge in [-0.15, -0.1) is 0 Å². The van der Waals surface area contributed by atoms with Gasteiger partial charge in [-0.1, -0.05) is 0 Å². The van der Waals surface area contributed by atoms with Crippen molar-refractivity contribution in [2.24, 2.45) is 0 Å². The smallest absolute Gasteiger partial charge is 0.264 e. The minimum atomic E-state index is -0.0528. The van der Waals surface area contributed by atoms with Crippen molar-refractivity contribution < 1.29 is 4.74 Å². The van der Waals surface area contributed by atoms with E-state index in [2.05, 4.69) is 15.8 Å². The Bertz CT molecular complexity index is 1010. The minimum Gasteiger partial charge on any atom is -0.494 e. The van der Waals surface area contributed by atoms with Crippen molar-refractivity contribution in [1.82, 2.24) is 20.4 Å². The monoisotopic (exact) mass is 350 g/mol. The molecule has 134 valence electrons. The van der Waals surface area contributed by atoms with Gasteiger partial charge in [0.05, 0.1) is 23.2 Å². The second-order valence-electron chi connectivity index (χ2n) is 6.50. The summed E-state index contributed by atoms with van der Waals surface area (Å²) < 4.78 is 7.31. The summed E-state index contributed by atoms with van der Waals surface area (Å²) in [6.45, 7) is 6.20. The zero-order chi connectivity index (χ0) is 18.1. The van der Waals surface area contributed by atoms with Crippen molar-refractivity contribution in [1.29, 1.82) is 0 Å². The Morgan fingerprint density at radius 2 is 2.08 bits per heavy atom. The summed E-state index contributed by atoms with van der Waals surface area (Å²) in [5.41, 5.74) is 9.99. The molecule has 0 amide bonds. The summed E-state index contributed by atoms with van der Waals surface area (Å²) in [5.74, 6) is 1.08. The summed E-state index contributed by atoms with van der Waals surface area (Å²) in [6.07, 6.45) is 3.69. The molecule has 2 aromatic heterocycles. The van der Waals surface area contributed by atoms with Crippen molar-refractivity contribution in [3.63, 3.8) is 0 Å². The average molecular weight is 350 g/mol. The van der Waals surface area contributed by atoms with Gasteiger partial charge in [0.1, 0.15) is 5.75 Å². The molecule has 4 rings (SSSR count). The Hall–Kier alpha value is -2.70. The van der Waals surface area contributed by atoms with Crippen molar-refractivity contribution >= 4 is 10.9 Å². The van der Waals surface area contributed by atoms with Crippen LogP contribution in [0.15, 0.2) is 47.5 Å². The molecule has 0 spiro atoms. The molecule has 1 aromatic carbocycles. The molecular formula is C20H22N4O2. The molecule has 1 fully saturated rings. The third-order valence-corrected chi connectivity index (χ3v) is 4.80. The van der Waals surface area contributed by atoms with Crippen molar-refractivity contribution in [3.8, 4) is 11.4 Å². The van der Waals surface area contributed by atoms with Gasteiger partial charge in [-0.2, -0.15) is 0 Å². The highest BCUT2D eigenvalue weighted by Gasteiger charge is 2.22. The SMILES string of the molecule is CCOc1ccc(-n2cc(C3CNNC3)c3ncccc3c2=O)c(C)c1. The molecular weight excluding hydrogens is 328 g/mol. The zero-order valence-corrected chi connectivity index (χ0v) is 15.0. The Morgan fingerprint density at radius 3 is 2.81 bits per heavy atom. The fourth-order valence-electron chi connectivity index (χ4n) is 3.51. The van der Waals surface area contributed by atoms with Gasteiger partial charge in [0.2, 0.25) is 0 Å². The van der Waals surface area contributed by atoms with Crippen molar-refractivity contribution in [2.75, 3.05) is 19.7 Å². The van der Waals surface area contributed by atoms with Crippen LogP contribution in [0.3, 0.4) is 0 Å². The van der Waals surface area contributed by atoms with Crippen LogP contribution in [0.1, 0.15) is 24.0 Å². The summed E-state index contributed by atoms with van der Waals surface area (Å²) in [5, 5.41) is 0.644. The van der Waals surface area contributed by atoms with Gasteiger partial charge in [-0.25, -0.2) is 0 Å². The first-order chi connectivity index (χ1) is 12.7. The first kappa shape index (κ1) is 16.8. The van der Waals surface area contributed by atoms with E-state index in [9.17, 15) is 4.79 Å². The van der Waals surface area contributed by atoms with E-state index in [-0.39, 0.29) is 11.5 Å². The van der Waals surface area contributed by atoms with Crippen LogP contribution >= 0.6 is 0 Å². The molecule has 2 N–H and O–H groups in total. The van der Waals surface area contributed by atoms with Crippen LogP contribution in [0.5, 0.6) is 5.75 Å². The highest BCUT2D eigenvalue weighted by molar-refractivity contribution is 5.81. The van der Waals surface area contributed by atoms with E-state index in [4.69, 9.17) is 4.74 Å². The standard InChI is InChI=1S/C20H22N4O2/c1-3-26-15-6-7-18(13(2)9-15)24-12-17(14-10-22-23-11-14)19-16(20(24)25)5-4-8-21-19/h4-9,12,14,22-23H,3,10-11H2,1-2H3. The normalized spacial score (nSPS) is 14.8. The Labute approximate surface area is 151 Å². The van der Waals surface area contributed by atoms with Crippen LogP contribution in [-0.2, 0) is 0 Å². The Kier molecular flexibility index (Phi) is 4.44. The molecule has 1 aliphatic heterocycles. The van der Waals surface area contributed by atoms with Gasteiger partial charge in [-0.3, -0.25) is 25.2 Å². The van der Waals surface area contributed by atoms with Crippen LogP contribution in [-0.4, -0.2) is 29.2 Å². The number of rotatable bonds is 4. The van der Waals surface area contributed by atoms with Gasteiger partial charge in [0.15, 0.2) is 0 Å². The molecule has 0 unspecified atom stereocenters. The number of pyridine rings is 2. The fourth-order valence-corrected chi connectivity index (χ4v) is 3.51. The fraction of sp³-hybridized carbons (Fsp3) is 0.300. The van der Waals surface area contributed by atoms with Gasteiger partial charge >= 0.3 is 0 Å². The lowest BCUT2D eigenvalue weighted by Crippen LogP contribution is -2.22. The number of hydrazine groups is 1. The van der Waals surface area contributed by atoms with Gasteiger partial charge in [0, 0.05) is 37.0 Å². The number of nitrogens with zero attached hydrogens (tertiary/aromatic N) is 2. The van der Waals surface area contributed by atoms with Crippen LogP contribution < -0.4 is 21.1 Å². The quantitative estimate of drug-likeness (QED) is 0.756. The molecule has 3 heterocycles. The lowest BCUT2D eigenvalue weighted by molar-refractivity contribution is 0.340. The van der Waals surface area contributed by atoms with Gasteiger partial charge in [0.25, 0.3) is 5.56 Å². The second-order valence-corrected chi connectivity index (χ2v) is 6.50.